The largest absolute Gasteiger partial charge is 0.496 e. The molecule has 0 bridgehead atoms. The van der Waals surface area contributed by atoms with Gasteiger partial charge in [0.05, 0.1) is 25.6 Å². The van der Waals surface area contributed by atoms with Crippen molar-refractivity contribution in [2.75, 3.05) is 19.6 Å². The van der Waals surface area contributed by atoms with E-state index in [1.807, 2.05) is 0 Å². The highest BCUT2D eigenvalue weighted by Gasteiger charge is 2.27. The van der Waals surface area contributed by atoms with Crippen molar-refractivity contribution in [3.05, 3.63) is 29.8 Å². The van der Waals surface area contributed by atoms with E-state index < -0.39 is 21.0 Å². The lowest BCUT2D eigenvalue weighted by atomic mass is 10.3. The second kappa shape index (κ2) is 9.24. The van der Waals surface area contributed by atoms with Gasteiger partial charge in [-0.3, -0.25) is 0 Å². The fourth-order valence-corrected chi connectivity index (χ4v) is 1.70. The minimum atomic E-state index is -1.66. The van der Waals surface area contributed by atoms with Crippen molar-refractivity contribution in [3.8, 4) is 0 Å². The molecule has 0 radical (unpaired) electrons. The van der Waals surface area contributed by atoms with Crippen LogP contribution in [-0.4, -0.2) is 30.6 Å². The molecule has 0 spiro atoms. The van der Waals surface area contributed by atoms with E-state index in [9.17, 15) is 18.7 Å². The molecule has 1 aromatic carbocycles. The molecule has 0 aromatic heterocycles. The number of hydrogen-bond donors (Lipinski definition) is 2. The first-order valence-electron chi connectivity index (χ1n) is 6.44. The molecular weight excluding hydrogens is 318 g/mol. The second-order valence-corrected chi connectivity index (χ2v) is 5.60. The van der Waals surface area contributed by atoms with E-state index in [4.69, 9.17) is 0 Å². The predicted octanol–water partition coefficient (Wildman–Crippen LogP) is 2.65. The Morgan fingerprint density at radius 3 is 1.90 bits per heavy atom. The van der Waals surface area contributed by atoms with Gasteiger partial charge in [0.1, 0.15) is 0 Å². The van der Waals surface area contributed by atoms with Gasteiger partial charge in [-0.1, -0.05) is 20.8 Å². The third kappa shape index (κ3) is 6.21. The van der Waals surface area contributed by atoms with E-state index in [1.165, 1.54) is 19.6 Å². The van der Waals surface area contributed by atoms with Gasteiger partial charge in [-0.15, -0.1) is 3.29 Å². The SMILES string of the molecule is CCN(CC)CC.O=C([O-])[N+](S)(S)c1ccc(F)c(F)c1. The highest BCUT2D eigenvalue weighted by Crippen LogP contribution is 2.29. The van der Waals surface area contributed by atoms with Crippen molar-refractivity contribution >= 4 is 37.4 Å². The molecule has 0 aliphatic carbocycles. The molecule has 1 aromatic rings. The van der Waals surface area contributed by atoms with Gasteiger partial charge in [0.25, 0.3) is 6.09 Å². The number of amides is 1. The van der Waals surface area contributed by atoms with Crippen LogP contribution in [0.2, 0.25) is 0 Å². The average molecular weight is 338 g/mol. The fraction of sp³-hybridized carbons (Fsp3) is 0.462. The maximum absolute atomic E-state index is 12.7. The highest BCUT2D eigenvalue weighted by molar-refractivity contribution is 7.98. The Morgan fingerprint density at radius 2 is 1.62 bits per heavy atom. The van der Waals surface area contributed by atoms with Gasteiger partial charge in [0.2, 0.25) is 0 Å². The summed E-state index contributed by atoms with van der Waals surface area (Å²) >= 11 is 7.21. The number of carbonyl (C=O) groups excluding carboxylic acids is 1. The summed E-state index contributed by atoms with van der Waals surface area (Å²) in [4.78, 5) is 12.9. The van der Waals surface area contributed by atoms with Crippen LogP contribution in [0.15, 0.2) is 18.2 Å². The fourth-order valence-electron chi connectivity index (χ4n) is 1.46. The van der Waals surface area contributed by atoms with Gasteiger partial charge >= 0.3 is 0 Å². The van der Waals surface area contributed by atoms with Crippen molar-refractivity contribution in [2.24, 2.45) is 0 Å². The maximum atomic E-state index is 12.7. The smallest absolute Gasteiger partial charge is 0.287 e. The molecule has 4 nitrogen and oxygen atoms in total. The molecule has 0 heterocycles. The van der Waals surface area contributed by atoms with Crippen molar-refractivity contribution < 1.29 is 18.7 Å². The molecule has 1 rings (SSSR count). The van der Waals surface area contributed by atoms with Crippen LogP contribution in [0, 0.1) is 11.6 Å². The Balaban J connectivity index is 0.000000486. The first-order valence-corrected chi connectivity index (χ1v) is 7.24. The van der Waals surface area contributed by atoms with Gasteiger partial charge in [0, 0.05) is 12.1 Å². The number of benzene rings is 1. The molecule has 8 heteroatoms. The highest BCUT2D eigenvalue weighted by atomic mass is 32.2. The predicted molar refractivity (Wildman–Crippen MR) is 85.0 cm³/mol. The molecule has 0 N–H and O–H groups in total. The lowest BCUT2D eigenvalue weighted by molar-refractivity contribution is -0.253. The first-order chi connectivity index (χ1) is 9.70. The average Bonchev–Trinajstić information content (AvgIpc) is 2.44. The summed E-state index contributed by atoms with van der Waals surface area (Å²) in [6.07, 6.45) is -1.66. The zero-order valence-corrected chi connectivity index (χ0v) is 14.0. The molecule has 0 aliphatic heterocycles. The second-order valence-electron chi connectivity index (χ2n) is 4.09. The maximum Gasteiger partial charge on any atom is 0.287 e. The van der Waals surface area contributed by atoms with E-state index in [1.54, 1.807) is 0 Å². The van der Waals surface area contributed by atoms with E-state index in [0.29, 0.717) is 6.07 Å². The number of halogens is 2. The summed E-state index contributed by atoms with van der Waals surface area (Å²) in [6, 6.07) is 2.52. The Morgan fingerprint density at radius 1 is 1.14 bits per heavy atom. The Kier molecular flexibility index (Phi) is 8.88. The lowest BCUT2D eigenvalue weighted by Crippen LogP contribution is -2.45. The molecule has 1 amide bonds. The number of rotatable bonds is 4. The van der Waals surface area contributed by atoms with Crippen LogP contribution in [0.4, 0.5) is 19.3 Å². The van der Waals surface area contributed by atoms with E-state index in [-0.39, 0.29) is 5.69 Å². The Labute approximate surface area is 135 Å². The van der Waals surface area contributed by atoms with E-state index in [0.717, 1.165) is 12.1 Å². The van der Waals surface area contributed by atoms with Crippen molar-refractivity contribution in [1.82, 2.24) is 8.19 Å². The quantitative estimate of drug-likeness (QED) is 0.655. The standard InChI is InChI=1S/C7H5F2NO2S2.C6H15N/c8-5-2-1-4(3-6(5)9)10(13,14)7(11)12;1-4-7(5-2)6-3/h1-3,13-14H;4-6H2,1-3H3. The topological polar surface area (TPSA) is 43.4 Å². The molecule has 0 unspecified atom stereocenters. The molecule has 0 atom stereocenters. The minimum absolute atomic E-state index is 0.157. The van der Waals surface area contributed by atoms with Crippen LogP contribution >= 0.6 is 25.6 Å². The van der Waals surface area contributed by atoms with Crippen LogP contribution < -0.4 is 8.40 Å². The molecule has 0 saturated carbocycles. The van der Waals surface area contributed by atoms with Crippen LogP contribution in [0.3, 0.4) is 0 Å². The molecule has 0 aliphatic rings. The summed E-state index contributed by atoms with van der Waals surface area (Å²) in [5.74, 6) is -2.25. The first kappa shape index (κ1) is 20.2. The third-order valence-electron chi connectivity index (χ3n) is 2.86. The summed E-state index contributed by atoms with van der Waals surface area (Å²) in [6.45, 7) is 10.1. The van der Waals surface area contributed by atoms with Gasteiger partial charge in [0.15, 0.2) is 17.3 Å². The zero-order valence-electron chi connectivity index (χ0n) is 12.2. The zero-order chi connectivity index (χ0) is 16.6. The van der Waals surface area contributed by atoms with Crippen molar-refractivity contribution in [2.45, 2.75) is 20.8 Å². The summed E-state index contributed by atoms with van der Waals surface area (Å²) in [5, 5.41) is 10.5. The summed E-state index contributed by atoms with van der Waals surface area (Å²) in [7, 11) is 0. The van der Waals surface area contributed by atoms with Crippen LogP contribution in [0.1, 0.15) is 20.8 Å². The number of nitrogens with zero attached hydrogens (tertiary/aromatic N) is 2. The number of carbonyl (C=O) groups is 1. The summed E-state index contributed by atoms with van der Waals surface area (Å²) in [5.41, 5.74) is -0.157. The monoisotopic (exact) mass is 338 g/mol. The van der Waals surface area contributed by atoms with E-state index >= 15 is 0 Å². The normalized spacial score (nSPS) is 11.0. The van der Waals surface area contributed by atoms with E-state index in [2.05, 4.69) is 51.3 Å². The molecule has 120 valence electrons. The Bertz CT molecular complexity index is 464. The lowest BCUT2D eigenvalue weighted by Gasteiger charge is -2.22. The number of thiol groups is 2. The van der Waals surface area contributed by atoms with Gasteiger partial charge in [-0.2, -0.15) is 0 Å². The molecule has 0 fully saturated rings. The van der Waals surface area contributed by atoms with Crippen molar-refractivity contribution in [3.63, 3.8) is 0 Å². The Hall–Kier alpha value is -0.830. The number of carboxylic acid groups (broad SMARTS) is 1. The van der Waals surface area contributed by atoms with Gasteiger partial charge < -0.3 is 14.8 Å². The van der Waals surface area contributed by atoms with Crippen LogP contribution in [0.5, 0.6) is 0 Å². The third-order valence-corrected chi connectivity index (χ3v) is 3.65. The van der Waals surface area contributed by atoms with Crippen LogP contribution in [-0.2, 0) is 0 Å². The molecule has 21 heavy (non-hydrogen) atoms. The number of hydrogen-bond acceptors (Lipinski definition) is 5. The molecule has 0 saturated heterocycles. The van der Waals surface area contributed by atoms with Crippen LogP contribution in [0.25, 0.3) is 0 Å². The summed E-state index contributed by atoms with van der Waals surface area (Å²) < 4.78 is 23.9. The minimum Gasteiger partial charge on any atom is -0.496 e. The molecular formula is C13H20F2N2O2S2. The number of quaternary nitrogens is 1. The van der Waals surface area contributed by atoms with Crippen molar-refractivity contribution in [1.29, 1.82) is 0 Å². The van der Waals surface area contributed by atoms with Gasteiger partial charge in [-0.25, -0.2) is 8.78 Å². The van der Waals surface area contributed by atoms with Gasteiger partial charge in [-0.05, 0) is 25.7 Å².